The normalized spacial score (nSPS) is 20.1. The first-order valence-electron chi connectivity index (χ1n) is 7.40. The third-order valence-electron chi connectivity index (χ3n) is 4.05. The molecule has 0 saturated carbocycles. The van der Waals surface area contributed by atoms with E-state index in [0.29, 0.717) is 24.2 Å². The Kier molecular flexibility index (Phi) is 3.74. The predicted octanol–water partition coefficient (Wildman–Crippen LogP) is 0.718. The molecular weight excluding hydrogens is 298 g/mol. The Labute approximate surface area is 132 Å². The Bertz CT molecular complexity index is 750. The van der Waals surface area contributed by atoms with E-state index in [-0.39, 0.29) is 30.5 Å². The number of fused-ring (bicyclic) bond motifs is 1. The minimum Gasteiger partial charge on any atom is -0.492 e. The van der Waals surface area contributed by atoms with Gasteiger partial charge >= 0.3 is 0 Å². The summed E-state index contributed by atoms with van der Waals surface area (Å²) in [5.74, 6) is -0.847. The van der Waals surface area contributed by atoms with Crippen LogP contribution in [0.2, 0.25) is 0 Å². The predicted molar refractivity (Wildman–Crippen MR) is 78.4 cm³/mol. The van der Waals surface area contributed by atoms with E-state index in [9.17, 15) is 19.6 Å². The number of benzene rings is 1. The van der Waals surface area contributed by atoms with Gasteiger partial charge in [0.2, 0.25) is 11.8 Å². The maximum absolute atomic E-state index is 12.8. The van der Waals surface area contributed by atoms with Crippen molar-refractivity contribution in [3.63, 3.8) is 0 Å². The van der Waals surface area contributed by atoms with Gasteiger partial charge in [-0.25, -0.2) is 0 Å². The fraction of sp³-hybridized carbons (Fsp3) is 0.375. The summed E-state index contributed by atoms with van der Waals surface area (Å²) in [7, 11) is 0. The van der Waals surface area contributed by atoms with Crippen molar-refractivity contribution < 1.29 is 19.1 Å². The van der Waals surface area contributed by atoms with Gasteiger partial charge in [-0.3, -0.25) is 19.7 Å². The molecule has 0 spiro atoms. The van der Waals surface area contributed by atoms with Gasteiger partial charge in [0.15, 0.2) is 0 Å². The lowest BCUT2D eigenvalue weighted by Gasteiger charge is -2.29. The molecule has 1 aromatic rings. The molecule has 23 heavy (non-hydrogen) atoms. The summed E-state index contributed by atoms with van der Waals surface area (Å²) < 4.78 is 5.50. The fourth-order valence-electron chi connectivity index (χ4n) is 3.00. The van der Waals surface area contributed by atoms with Crippen LogP contribution in [0.1, 0.15) is 41.3 Å². The Hall–Kier alpha value is -2.88. The van der Waals surface area contributed by atoms with Gasteiger partial charge in [0, 0.05) is 13.0 Å². The van der Waals surface area contributed by atoms with Crippen molar-refractivity contribution in [2.45, 2.75) is 32.4 Å². The molecule has 2 aliphatic rings. The smallest absolute Gasteiger partial charge is 0.259 e. The molecule has 1 N–H and O–H groups in total. The highest BCUT2D eigenvalue weighted by atomic mass is 16.5. The van der Waals surface area contributed by atoms with E-state index in [1.807, 2.05) is 6.07 Å². The molecule has 0 bridgehead atoms. The van der Waals surface area contributed by atoms with Gasteiger partial charge < -0.3 is 9.64 Å². The number of ether oxygens (including phenoxy) is 1. The van der Waals surface area contributed by atoms with Crippen molar-refractivity contribution in [1.29, 1.82) is 5.26 Å². The van der Waals surface area contributed by atoms with Crippen LogP contribution in [-0.4, -0.2) is 35.3 Å². The molecule has 7 heteroatoms. The van der Waals surface area contributed by atoms with E-state index >= 15 is 0 Å². The number of carbonyl (C=O) groups excluding carboxylic acids is 3. The van der Waals surface area contributed by atoms with Gasteiger partial charge in [0.25, 0.3) is 5.91 Å². The monoisotopic (exact) mass is 313 g/mol. The first-order valence-corrected chi connectivity index (χ1v) is 7.40. The first-order chi connectivity index (χ1) is 11.1. The zero-order chi connectivity index (χ0) is 16.6. The molecule has 0 aliphatic carbocycles. The van der Waals surface area contributed by atoms with Gasteiger partial charge in [-0.05, 0) is 25.0 Å². The van der Waals surface area contributed by atoms with E-state index in [1.165, 1.54) is 4.90 Å². The number of nitrogens with zero attached hydrogens (tertiary/aromatic N) is 2. The molecule has 1 aromatic carbocycles. The van der Waals surface area contributed by atoms with E-state index < -0.39 is 11.9 Å². The molecule has 3 amide bonds. The van der Waals surface area contributed by atoms with Crippen LogP contribution in [0, 0.1) is 11.3 Å². The second-order valence-corrected chi connectivity index (χ2v) is 5.42. The second kappa shape index (κ2) is 5.72. The number of imide groups is 1. The Morgan fingerprint density at radius 1 is 1.39 bits per heavy atom. The van der Waals surface area contributed by atoms with E-state index in [1.54, 1.807) is 19.1 Å². The van der Waals surface area contributed by atoms with Crippen LogP contribution >= 0.6 is 0 Å². The highest BCUT2D eigenvalue weighted by Gasteiger charge is 2.41. The highest BCUT2D eigenvalue weighted by molar-refractivity contribution is 6.06. The minimum absolute atomic E-state index is 0.207. The summed E-state index contributed by atoms with van der Waals surface area (Å²) in [6, 6.07) is 4.67. The summed E-state index contributed by atoms with van der Waals surface area (Å²) in [5.41, 5.74) is 1.36. The maximum Gasteiger partial charge on any atom is 0.259 e. The highest BCUT2D eigenvalue weighted by Crippen LogP contribution is 2.35. The Morgan fingerprint density at radius 2 is 2.17 bits per heavy atom. The van der Waals surface area contributed by atoms with Gasteiger partial charge in [-0.1, -0.05) is 6.07 Å². The maximum atomic E-state index is 12.8. The van der Waals surface area contributed by atoms with Crippen LogP contribution in [0.4, 0.5) is 0 Å². The number of nitriles is 1. The zero-order valence-electron chi connectivity index (χ0n) is 12.6. The number of hydrogen-bond donors (Lipinski definition) is 1. The van der Waals surface area contributed by atoms with E-state index in [0.717, 1.165) is 5.56 Å². The summed E-state index contributed by atoms with van der Waals surface area (Å²) in [4.78, 5) is 37.5. The lowest BCUT2D eigenvalue weighted by molar-refractivity contribution is -0.136. The zero-order valence-corrected chi connectivity index (χ0v) is 12.6. The van der Waals surface area contributed by atoms with Crippen molar-refractivity contribution in [1.82, 2.24) is 10.2 Å². The van der Waals surface area contributed by atoms with Gasteiger partial charge in [-0.2, -0.15) is 5.26 Å². The largest absolute Gasteiger partial charge is 0.492 e. The van der Waals surface area contributed by atoms with E-state index in [4.69, 9.17) is 4.74 Å². The molecule has 118 valence electrons. The number of carbonyl (C=O) groups is 3. The third kappa shape index (κ3) is 2.42. The molecule has 1 fully saturated rings. The van der Waals surface area contributed by atoms with Crippen molar-refractivity contribution in [3.05, 3.63) is 28.8 Å². The van der Waals surface area contributed by atoms with Gasteiger partial charge in [0.1, 0.15) is 17.9 Å². The molecule has 2 aliphatic heterocycles. The van der Waals surface area contributed by atoms with Crippen LogP contribution in [0.3, 0.4) is 0 Å². The average Bonchev–Trinajstić information content (AvgIpc) is 2.85. The number of nitrogens with one attached hydrogen (secondary N) is 1. The van der Waals surface area contributed by atoms with E-state index in [2.05, 4.69) is 5.32 Å². The first kappa shape index (κ1) is 15.0. The molecule has 1 saturated heterocycles. The Morgan fingerprint density at radius 3 is 2.83 bits per heavy atom. The molecule has 0 aromatic heterocycles. The Balaban J connectivity index is 1.96. The van der Waals surface area contributed by atoms with Crippen LogP contribution in [0.25, 0.3) is 0 Å². The van der Waals surface area contributed by atoms with Crippen molar-refractivity contribution in [2.24, 2.45) is 0 Å². The number of piperidine rings is 1. The van der Waals surface area contributed by atoms with Crippen LogP contribution < -0.4 is 10.1 Å². The van der Waals surface area contributed by atoms with Crippen LogP contribution in [-0.2, 0) is 16.1 Å². The van der Waals surface area contributed by atoms with Crippen LogP contribution in [0.15, 0.2) is 12.1 Å². The quantitative estimate of drug-likeness (QED) is 0.829. The standard InChI is InChI=1S/C16H15N3O4/c1-2-23-14-9(7-17)3-4-10-8-19(16(22)13(10)14)11-5-6-12(20)18-15(11)21/h3-4,11H,2,5-6,8H2,1H3,(H,18,20,21). The second-order valence-electron chi connectivity index (χ2n) is 5.42. The molecule has 0 radical (unpaired) electrons. The molecule has 1 atom stereocenters. The SMILES string of the molecule is CCOc1c(C#N)ccc2c1C(=O)N(C1CCC(=O)NC1=O)C2. The number of hydrogen-bond acceptors (Lipinski definition) is 5. The van der Waals surface area contributed by atoms with Crippen molar-refractivity contribution in [3.8, 4) is 11.8 Å². The lowest BCUT2D eigenvalue weighted by atomic mass is 10.0. The summed E-state index contributed by atoms with van der Waals surface area (Å²) >= 11 is 0. The molecule has 3 rings (SSSR count). The minimum atomic E-state index is -0.674. The summed E-state index contributed by atoms with van der Waals surface area (Å²) in [6.45, 7) is 2.38. The van der Waals surface area contributed by atoms with Gasteiger partial charge in [0.05, 0.1) is 17.7 Å². The van der Waals surface area contributed by atoms with Crippen LogP contribution in [0.5, 0.6) is 5.75 Å². The third-order valence-corrected chi connectivity index (χ3v) is 4.05. The lowest BCUT2D eigenvalue weighted by Crippen LogP contribution is -2.52. The topological polar surface area (TPSA) is 99.5 Å². The van der Waals surface area contributed by atoms with Gasteiger partial charge in [-0.15, -0.1) is 0 Å². The molecule has 1 unspecified atom stereocenters. The summed E-state index contributed by atoms with van der Waals surface area (Å²) in [5, 5.41) is 11.5. The number of amides is 3. The fourth-order valence-corrected chi connectivity index (χ4v) is 3.00. The summed E-state index contributed by atoms with van der Waals surface area (Å²) in [6.07, 6.45) is 0.512. The molecule has 7 nitrogen and oxygen atoms in total. The average molecular weight is 313 g/mol. The molecular formula is C16H15N3O4. The molecule has 2 heterocycles. The van der Waals surface area contributed by atoms with Crippen molar-refractivity contribution >= 4 is 17.7 Å². The number of rotatable bonds is 3. The van der Waals surface area contributed by atoms with Crippen molar-refractivity contribution in [2.75, 3.05) is 6.61 Å².